The van der Waals surface area contributed by atoms with Gasteiger partial charge >= 0.3 is 0 Å². The number of ketones is 1. The third kappa shape index (κ3) is 2.83. The Kier molecular flexibility index (Phi) is 4.35. The van der Waals surface area contributed by atoms with Crippen LogP contribution >= 0.6 is 0 Å². The minimum absolute atomic E-state index is 0.0769. The Morgan fingerprint density at radius 2 is 1.83 bits per heavy atom. The summed E-state index contributed by atoms with van der Waals surface area (Å²) in [5.41, 5.74) is 4.12. The van der Waals surface area contributed by atoms with E-state index in [2.05, 4.69) is 31.2 Å². The lowest BCUT2D eigenvalue weighted by atomic mass is 9.77. The summed E-state index contributed by atoms with van der Waals surface area (Å²) in [6.45, 7) is 2.12. The first-order valence-corrected chi connectivity index (χ1v) is 8.38. The fraction of sp³-hybridized carbons (Fsp3) is 0.474. The number of carbonyl (C=O) groups is 2. The van der Waals surface area contributed by atoms with Crippen molar-refractivity contribution in [2.45, 2.75) is 44.9 Å². The summed E-state index contributed by atoms with van der Waals surface area (Å²) in [7, 11) is 3.72. The lowest BCUT2D eigenvalue weighted by molar-refractivity contribution is -0.143. The molecular weight excluding hydrogens is 288 g/mol. The first kappa shape index (κ1) is 15.9. The fourth-order valence-electron chi connectivity index (χ4n) is 3.71. The van der Waals surface area contributed by atoms with E-state index in [-0.39, 0.29) is 17.6 Å². The Labute approximate surface area is 137 Å². The third-order valence-electron chi connectivity index (χ3n) is 4.84. The summed E-state index contributed by atoms with van der Waals surface area (Å²) >= 11 is 0. The Hall–Kier alpha value is -1.94. The van der Waals surface area contributed by atoms with Crippen LogP contribution in [0.25, 0.3) is 0 Å². The number of amides is 1. The van der Waals surface area contributed by atoms with Crippen LogP contribution in [-0.4, -0.2) is 35.8 Å². The second-order valence-corrected chi connectivity index (χ2v) is 6.54. The van der Waals surface area contributed by atoms with Gasteiger partial charge in [-0.25, -0.2) is 10.0 Å². The van der Waals surface area contributed by atoms with Crippen molar-refractivity contribution in [1.82, 2.24) is 10.0 Å². The maximum Gasteiger partial charge on any atom is 0.242 e. The Morgan fingerprint density at radius 3 is 2.43 bits per heavy atom. The highest BCUT2D eigenvalue weighted by Gasteiger charge is 2.39. The highest BCUT2D eigenvalue weighted by atomic mass is 16.2. The summed E-state index contributed by atoms with van der Waals surface area (Å²) in [5.74, 6) is 0.190. The van der Waals surface area contributed by atoms with Gasteiger partial charge in [-0.05, 0) is 30.4 Å². The van der Waals surface area contributed by atoms with Crippen molar-refractivity contribution in [2.24, 2.45) is 0 Å². The van der Waals surface area contributed by atoms with Gasteiger partial charge in [0.15, 0.2) is 5.78 Å². The first-order chi connectivity index (χ1) is 11.0. The molecule has 23 heavy (non-hydrogen) atoms. The highest BCUT2D eigenvalue weighted by Crippen LogP contribution is 2.41. The molecule has 1 aromatic carbocycles. The van der Waals surface area contributed by atoms with Crippen LogP contribution in [0.15, 0.2) is 35.5 Å². The molecule has 122 valence electrons. The van der Waals surface area contributed by atoms with Crippen molar-refractivity contribution in [3.8, 4) is 0 Å². The van der Waals surface area contributed by atoms with Gasteiger partial charge in [0.25, 0.3) is 0 Å². The van der Waals surface area contributed by atoms with Crippen LogP contribution in [0.2, 0.25) is 0 Å². The molecule has 1 amide bonds. The molecule has 0 fully saturated rings. The SMILES string of the molecule is CCc1ccc([C@H]2CC(=O)N(N(C)C)C3=C2C(=O)CCC3)cc1. The smallest absolute Gasteiger partial charge is 0.242 e. The van der Waals surface area contributed by atoms with Crippen molar-refractivity contribution >= 4 is 11.7 Å². The van der Waals surface area contributed by atoms with E-state index in [1.807, 2.05) is 14.1 Å². The first-order valence-electron chi connectivity index (χ1n) is 8.38. The molecule has 0 spiro atoms. The van der Waals surface area contributed by atoms with Gasteiger partial charge in [0.05, 0.1) is 0 Å². The molecule has 0 bridgehead atoms. The van der Waals surface area contributed by atoms with Crippen molar-refractivity contribution < 1.29 is 9.59 Å². The minimum atomic E-state index is -0.0904. The average molecular weight is 312 g/mol. The van der Waals surface area contributed by atoms with E-state index in [0.717, 1.165) is 36.1 Å². The number of nitrogens with zero attached hydrogens (tertiary/aromatic N) is 2. The fourth-order valence-corrected chi connectivity index (χ4v) is 3.71. The monoisotopic (exact) mass is 312 g/mol. The predicted molar refractivity (Wildman–Crippen MR) is 89.6 cm³/mol. The predicted octanol–water partition coefficient (Wildman–Crippen LogP) is 3.05. The molecule has 4 heteroatoms. The Morgan fingerprint density at radius 1 is 1.13 bits per heavy atom. The largest absolute Gasteiger partial charge is 0.294 e. The van der Waals surface area contributed by atoms with Crippen molar-refractivity contribution in [3.63, 3.8) is 0 Å². The van der Waals surface area contributed by atoms with Crippen molar-refractivity contribution in [2.75, 3.05) is 14.1 Å². The summed E-state index contributed by atoms with van der Waals surface area (Å²) in [6, 6.07) is 8.36. The number of allylic oxidation sites excluding steroid dienone is 2. The van der Waals surface area contributed by atoms with Gasteiger partial charge in [0.1, 0.15) is 0 Å². The summed E-state index contributed by atoms with van der Waals surface area (Å²) in [6.07, 6.45) is 3.59. The van der Waals surface area contributed by atoms with E-state index >= 15 is 0 Å². The molecule has 0 aromatic heterocycles. The van der Waals surface area contributed by atoms with Gasteiger partial charge in [-0.2, -0.15) is 0 Å². The molecule has 1 aromatic rings. The van der Waals surface area contributed by atoms with Gasteiger partial charge in [0, 0.05) is 44.1 Å². The summed E-state index contributed by atoms with van der Waals surface area (Å²) in [4.78, 5) is 25.2. The molecule has 1 aliphatic heterocycles. The van der Waals surface area contributed by atoms with Gasteiger partial charge in [-0.15, -0.1) is 0 Å². The quantitative estimate of drug-likeness (QED) is 0.861. The maximum absolute atomic E-state index is 12.6. The Bertz CT molecular complexity index is 658. The van der Waals surface area contributed by atoms with Crippen LogP contribution in [0.5, 0.6) is 0 Å². The summed E-state index contributed by atoms with van der Waals surface area (Å²) in [5, 5.41) is 3.50. The van der Waals surface area contributed by atoms with E-state index in [0.29, 0.717) is 12.8 Å². The van der Waals surface area contributed by atoms with Gasteiger partial charge < -0.3 is 0 Å². The summed E-state index contributed by atoms with van der Waals surface area (Å²) < 4.78 is 0. The number of hydrogen-bond acceptors (Lipinski definition) is 3. The highest BCUT2D eigenvalue weighted by molar-refractivity contribution is 6.01. The molecule has 0 N–H and O–H groups in total. The number of hydrogen-bond donors (Lipinski definition) is 0. The van der Waals surface area contributed by atoms with Crippen LogP contribution in [0.1, 0.15) is 49.7 Å². The molecule has 1 atom stereocenters. The molecular formula is C19H24N2O2. The van der Waals surface area contributed by atoms with E-state index < -0.39 is 0 Å². The number of rotatable bonds is 3. The number of benzene rings is 1. The lowest BCUT2D eigenvalue weighted by Crippen LogP contribution is -2.47. The normalized spacial score (nSPS) is 21.9. The van der Waals surface area contributed by atoms with Crippen LogP contribution < -0.4 is 0 Å². The topological polar surface area (TPSA) is 40.6 Å². The average Bonchev–Trinajstić information content (AvgIpc) is 2.54. The van der Waals surface area contributed by atoms with E-state index in [4.69, 9.17) is 0 Å². The molecule has 0 saturated heterocycles. The van der Waals surface area contributed by atoms with E-state index in [9.17, 15) is 9.59 Å². The molecule has 0 saturated carbocycles. The molecule has 0 unspecified atom stereocenters. The van der Waals surface area contributed by atoms with Crippen LogP contribution in [0.4, 0.5) is 0 Å². The van der Waals surface area contributed by atoms with Crippen LogP contribution in [0.3, 0.4) is 0 Å². The maximum atomic E-state index is 12.6. The van der Waals surface area contributed by atoms with Gasteiger partial charge in [-0.1, -0.05) is 31.2 Å². The lowest BCUT2D eigenvalue weighted by Gasteiger charge is -2.41. The second-order valence-electron chi connectivity index (χ2n) is 6.54. The third-order valence-corrected chi connectivity index (χ3v) is 4.84. The zero-order chi connectivity index (χ0) is 16.6. The molecule has 3 rings (SSSR count). The zero-order valence-corrected chi connectivity index (χ0v) is 14.1. The van der Waals surface area contributed by atoms with E-state index in [1.165, 1.54) is 5.56 Å². The number of aryl methyl sites for hydroxylation is 1. The zero-order valence-electron chi connectivity index (χ0n) is 14.1. The number of Topliss-reactive ketones (excluding diaryl/α,β-unsaturated/α-hetero) is 1. The molecule has 4 nitrogen and oxygen atoms in total. The molecule has 1 heterocycles. The van der Waals surface area contributed by atoms with E-state index in [1.54, 1.807) is 10.0 Å². The standard InChI is InChI=1S/C19H24N2O2/c1-4-13-8-10-14(11-9-13)15-12-18(23)21(20(2)3)16-6-5-7-17(22)19(15)16/h8-11,15H,4-7,12H2,1-3H3/t15-/m1/s1. The minimum Gasteiger partial charge on any atom is -0.294 e. The molecule has 2 aliphatic rings. The number of carbonyl (C=O) groups excluding carboxylic acids is 2. The van der Waals surface area contributed by atoms with Crippen LogP contribution in [-0.2, 0) is 16.0 Å². The van der Waals surface area contributed by atoms with Gasteiger partial charge in [-0.3, -0.25) is 9.59 Å². The van der Waals surface area contributed by atoms with Crippen LogP contribution in [0, 0.1) is 0 Å². The molecule has 0 radical (unpaired) electrons. The molecule has 1 aliphatic carbocycles. The Balaban J connectivity index is 2.07. The number of hydrazine groups is 1. The van der Waals surface area contributed by atoms with Crippen molar-refractivity contribution in [3.05, 3.63) is 46.7 Å². The van der Waals surface area contributed by atoms with Crippen molar-refractivity contribution in [1.29, 1.82) is 0 Å². The second kappa shape index (κ2) is 6.28. The van der Waals surface area contributed by atoms with Gasteiger partial charge in [0.2, 0.25) is 5.91 Å².